The first-order chi connectivity index (χ1) is 12.2. The van der Waals surface area contributed by atoms with Crippen molar-refractivity contribution in [1.82, 2.24) is 4.72 Å². The van der Waals surface area contributed by atoms with Crippen LogP contribution in [0.3, 0.4) is 0 Å². The number of hydrogen-bond donors (Lipinski definition) is 1. The predicted molar refractivity (Wildman–Crippen MR) is 105 cm³/mol. The molecular weight excluding hydrogens is 348 g/mol. The van der Waals surface area contributed by atoms with Crippen molar-refractivity contribution in [3.05, 3.63) is 59.2 Å². The molecule has 2 aromatic carbocycles. The standard InChI is InChI=1S/C20H26N2O3S/c1-5-18-6-8-20(9-7-18)26(24,25)21-10-11-22(17(4)23)19-13-15(2)12-16(3)14-19/h6-9,12-14,21H,5,10-11H2,1-4H3. The zero-order valence-corrected chi connectivity index (χ0v) is 16.6. The highest BCUT2D eigenvalue weighted by Crippen LogP contribution is 2.19. The highest BCUT2D eigenvalue weighted by atomic mass is 32.2. The van der Waals surface area contributed by atoms with E-state index >= 15 is 0 Å². The van der Waals surface area contributed by atoms with E-state index in [1.165, 1.54) is 6.92 Å². The van der Waals surface area contributed by atoms with Crippen LogP contribution in [0.15, 0.2) is 47.4 Å². The lowest BCUT2D eigenvalue weighted by molar-refractivity contribution is -0.116. The van der Waals surface area contributed by atoms with Crippen molar-refractivity contribution in [1.29, 1.82) is 0 Å². The molecule has 5 nitrogen and oxygen atoms in total. The lowest BCUT2D eigenvalue weighted by Crippen LogP contribution is -2.37. The van der Waals surface area contributed by atoms with Gasteiger partial charge in [0, 0.05) is 25.7 Å². The van der Waals surface area contributed by atoms with Gasteiger partial charge in [-0.3, -0.25) is 4.79 Å². The zero-order chi connectivity index (χ0) is 19.3. The molecule has 26 heavy (non-hydrogen) atoms. The fourth-order valence-electron chi connectivity index (χ4n) is 2.85. The number of amides is 1. The molecule has 0 fully saturated rings. The normalized spacial score (nSPS) is 11.4. The van der Waals surface area contributed by atoms with Gasteiger partial charge in [-0.1, -0.05) is 25.1 Å². The molecule has 0 spiro atoms. The SMILES string of the molecule is CCc1ccc(S(=O)(=O)NCCN(C(C)=O)c2cc(C)cc(C)c2)cc1. The van der Waals surface area contributed by atoms with Crippen LogP contribution >= 0.6 is 0 Å². The fraction of sp³-hybridized carbons (Fsp3) is 0.350. The van der Waals surface area contributed by atoms with E-state index in [-0.39, 0.29) is 23.9 Å². The van der Waals surface area contributed by atoms with Gasteiger partial charge in [0.25, 0.3) is 0 Å². The summed E-state index contributed by atoms with van der Waals surface area (Å²) in [4.78, 5) is 13.8. The van der Waals surface area contributed by atoms with Gasteiger partial charge in [-0.2, -0.15) is 0 Å². The molecule has 0 saturated heterocycles. The lowest BCUT2D eigenvalue weighted by atomic mass is 10.1. The Labute approximate surface area is 156 Å². The van der Waals surface area contributed by atoms with Crippen LogP contribution in [0.25, 0.3) is 0 Å². The van der Waals surface area contributed by atoms with Crippen molar-refractivity contribution >= 4 is 21.6 Å². The first-order valence-corrected chi connectivity index (χ1v) is 10.2. The third-order valence-electron chi connectivity index (χ3n) is 4.17. The van der Waals surface area contributed by atoms with E-state index in [0.29, 0.717) is 0 Å². The summed E-state index contributed by atoms with van der Waals surface area (Å²) in [6, 6.07) is 12.7. The largest absolute Gasteiger partial charge is 0.311 e. The number of anilines is 1. The zero-order valence-electron chi connectivity index (χ0n) is 15.7. The molecule has 6 heteroatoms. The average Bonchev–Trinajstić information content (AvgIpc) is 2.57. The molecule has 0 bridgehead atoms. The van der Waals surface area contributed by atoms with Crippen LogP contribution < -0.4 is 9.62 Å². The molecule has 0 atom stereocenters. The van der Waals surface area contributed by atoms with E-state index in [2.05, 4.69) is 4.72 Å². The molecule has 0 aliphatic rings. The topological polar surface area (TPSA) is 66.5 Å². The Kier molecular flexibility index (Phi) is 6.56. The maximum atomic E-state index is 12.4. The summed E-state index contributed by atoms with van der Waals surface area (Å²) >= 11 is 0. The van der Waals surface area contributed by atoms with Gasteiger partial charge in [0.2, 0.25) is 15.9 Å². The average molecular weight is 375 g/mol. The Morgan fingerprint density at radius 2 is 1.62 bits per heavy atom. The highest BCUT2D eigenvalue weighted by molar-refractivity contribution is 7.89. The van der Waals surface area contributed by atoms with Gasteiger partial charge in [-0.25, -0.2) is 13.1 Å². The summed E-state index contributed by atoms with van der Waals surface area (Å²) in [5.41, 5.74) is 3.98. The summed E-state index contributed by atoms with van der Waals surface area (Å²) in [7, 11) is -3.59. The molecule has 0 unspecified atom stereocenters. The van der Waals surface area contributed by atoms with E-state index < -0.39 is 10.0 Å². The van der Waals surface area contributed by atoms with Crippen molar-refractivity contribution in [3.63, 3.8) is 0 Å². The maximum absolute atomic E-state index is 12.4. The smallest absolute Gasteiger partial charge is 0.240 e. The number of benzene rings is 2. The minimum absolute atomic E-state index is 0.124. The molecule has 1 amide bonds. The van der Waals surface area contributed by atoms with Crippen molar-refractivity contribution in [2.45, 2.75) is 39.0 Å². The Morgan fingerprint density at radius 3 is 2.12 bits per heavy atom. The number of nitrogens with one attached hydrogen (secondary N) is 1. The quantitative estimate of drug-likeness (QED) is 0.809. The maximum Gasteiger partial charge on any atom is 0.240 e. The molecule has 1 N–H and O–H groups in total. The van der Waals surface area contributed by atoms with Gasteiger partial charge < -0.3 is 4.90 Å². The number of hydrogen-bond acceptors (Lipinski definition) is 3. The predicted octanol–water partition coefficient (Wildman–Crippen LogP) is 3.20. The molecule has 0 radical (unpaired) electrons. The summed E-state index contributed by atoms with van der Waals surface area (Å²) in [6.45, 7) is 7.85. The van der Waals surface area contributed by atoms with Crippen molar-refractivity contribution in [3.8, 4) is 0 Å². The molecule has 0 heterocycles. The van der Waals surface area contributed by atoms with Crippen molar-refractivity contribution in [2.75, 3.05) is 18.0 Å². The summed E-state index contributed by atoms with van der Waals surface area (Å²) < 4.78 is 27.4. The first kappa shape index (κ1) is 20.1. The third kappa shape index (κ3) is 5.16. The Morgan fingerprint density at radius 1 is 1.04 bits per heavy atom. The fourth-order valence-corrected chi connectivity index (χ4v) is 3.88. The van der Waals surface area contributed by atoms with Gasteiger partial charge in [0.15, 0.2) is 0 Å². The summed E-state index contributed by atoms with van der Waals surface area (Å²) in [6.07, 6.45) is 0.858. The van der Waals surface area contributed by atoms with Crippen molar-refractivity contribution in [2.24, 2.45) is 0 Å². The molecular formula is C20H26N2O3S. The second-order valence-corrected chi connectivity index (χ2v) is 8.18. The van der Waals surface area contributed by atoms with Crippen LogP contribution in [-0.2, 0) is 21.2 Å². The Balaban J connectivity index is 2.08. The Hall–Kier alpha value is -2.18. The van der Waals surface area contributed by atoms with Crippen LogP contribution in [0.1, 0.15) is 30.5 Å². The number of carbonyl (C=O) groups is 1. The van der Waals surface area contributed by atoms with Gasteiger partial charge in [0.05, 0.1) is 4.90 Å². The first-order valence-electron chi connectivity index (χ1n) is 8.68. The highest BCUT2D eigenvalue weighted by Gasteiger charge is 2.16. The number of nitrogens with zero attached hydrogens (tertiary/aromatic N) is 1. The van der Waals surface area contributed by atoms with Crippen LogP contribution in [0.2, 0.25) is 0 Å². The monoisotopic (exact) mass is 374 g/mol. The molecule has 0 aromatic heterocycles. The van der Waals surface area contributed by atoms with E-state index in [1.807, 2.05) is 51.1 Å². The third-order valence-corrected chi connectivity index (χ3v) is 5.64. The van der Waals surface area contributed by atoms with Crippen LogP contribution in [0.4, 0.5) is 5.69 Å². The summed E-state index contributed by atoms with van der Waals surface area (Å²) in [5, 5.41) is 0. The summed E-state index contributed by atoms with van der Waals surface area (Å²) in [5.74, 6) is -0.124. The molecule has 140 valence electrons. The molecule has 2 rings (SSSR count). The van der Waals surface area contributed by atoms with E-state index in [9.17, 15) is 13.2 Å². The number of sulfonamides is 1. The van der Waals surface area contributed by atoms with Crippen molar-refractivity contribution < 1.29 is 13.2 Å². The van der Waals surface area contributed by atoms with E-state index in [4.69, 9.17) is 0 Å². The molecule has 0 aliphatic carbocycles. The van der Waals surface area contributed by atoms with E-state index in [1.54, 1.807) is 17.0 Å². The minimum Gasteiger partial charge on any atom is -0.311 e. The number of aryl methyl sites for hydroxylation is 3. The molecule has 2 aromatic rings. The van der Waals surface area contributed by atoms with Crippen LogP contribution in [0, 0.1) is 13.8 Å². The van der Waals surface area contributed by atoms with Gasteiger partial charge in [0.1, 0.15) is 0 Å². The Bertz CT molecular complexity index is 854. The molecule has 0 saturated carbocycles. The van der Waals surface area contributed by atoms with Gasteiger partial charge in [-0.05, 0) is 61.2 Å². The second kappa shape index (κ2) is 8.47. The lowest BCUT2D eigenvalue weighted by Gasteiger charge is -2.22. The van der Waals surface area contributed by atoms with E-state index in [0.717, 1.165) is 28.8 Å². The minimum atomic E-state index is -3.59. The molecule has 0 aliphatic heterocycles. The van der Waals surface area contributed by atoms with Crippen LogP contribution in [0.5, 0.6) is 0 Å². The van der Waals surface area contributed by atoms with Gasteiger partial charge >= 0.3 is 0 Å². The van der Waals surface area contributed by atoms with Gasteiger partial charge in [-0.15, -0.1) is 0 Å². The number of rotatable bonds is 7. The second-order valence-electron chi connectivity index (χ2n) is 6.41. The number of carbonyl (C=O) groups excluding carboxylic acids is 1. The van der Waals surface area contributed by atoms with Crippen LogP contribution in [-0.4, -0.2) is 27.4 Å².